The predicted octanol–water partition coefficient (Wildman–Crippen LogP) is 2.92. The van der Waals surface area contributed by atoms with Crippen LogP contribution in [0.3, 0.4) is 0 Å². The van der Waals surface area contributed by atoms with Gasteiger partial charge in [-0.1, -0.05) is 48.6 Å². The number of hydrogen-bond acceptors (Lipinski definition) is 5. The quantitative estimate of drug-likeness (QED) is 0.943. The Morgan fingerprint density at radius 1 is 1.38 bits per heavy atom. The van der Waals surface area contributed by atoms with Gasteiger partial charge in [0.1, 0.15) is 0 Å². The van der Waals surface area contributed by atoms with Crippen LogP contribution in [0, 0.1) is 0 Å². The number of aromatic nitrogens is 1. The molecule has 0 amide bonds. The molecule has 1 aliphatic rings. The number of rotatable bonds is 4. The van der Waals surface area contributed by atoms with E-state index in [4.69, 9.17) is 9.72 Å². The maximum absolute atomic E-state index is 9.62. The van der Waals surface area contributed by atoms with E-state index >= 15 is 0 Å². The monoisotopic (exact) mass is 304 g/mol. The maximum atomic E-state index is 9.62. The first-order valence-electron chi connectivity index (χ1n) is 7.34. The summed E-state index contributed by atoms with van der Waals surface area (Å²) < 4.78 is 5.71. The Morgan fingerprint density at radius 3 is 2.90 bits per heavy atom. The second-order valence-corrected chi connectivity index (χ2v) is 6.20. The summed E-state index contributed by atoms with van der Waals surface area (Å²) in [5.41, 5.74) is 1.96. The lowest BCUT2D eigenvalue weighted by Gasteiger charge is -2.32. The van der Waals surface area contributed by atoms with Crippen LogP contribution in [-0.2, 0) is 11.3 Å². The molecule has 0 spiro atoms. The largest absolute Gasteiger partial charge is 0.391 e. The maximum Gasteiger partial charge on any atom is 0.186 e. The van der Waals surface area contributed by atoms with Gasteiger partial charge in [0.25, 0.3) is 0 Å². The molecule has 0 bridgehead atoms. The van der Waals surface area contributed by atoms with Crippen molar-refractivity contribution in [3.8, 4) is 11.3 Å². The van der Waals surface area contributed by atoms with Crippen LogP contribution in [0.5, 0.6) is 0 Å². The highest BCUT2D eigenvalue weighted by Crippen LogP contribution is 2.33. The first kappa shape index (κ1) is 14.5. The molecule has 4 nitrogen and oxygen atoms in total. The fourth-order valence-electron chi connectivity index (χ4n) is 2.54. The van der Waals surface area contributed by atoms with Crippen LogP contribution in [0.4, 0.5) is 5.13 Å². The highest BCUT2D eigenvalue weighted by atomic mass is 32.1. The molecule has 1 saturated heterocycles. The Balaban J connectivity index is 1.89. The van der Waals surface area contributed by atoms with Crippen molar-refractivity contribution in [2.75, 3.05) is 24.6 Å². The van der Waals surface area contributed by atoms with Crippen LogP contribution in [0.1, 0.15) is 18.2 Å². The van der Waals surface area contributed by atoms with E-state index in [1.807, 2.05) is 30.3 Å². The van der Waals surface area contributed by atoms with E-state index in [1.165, 1.54) is 0 Å². The molecule has 112 valence electrons. The van der Waals surface area contributed by atoms with Gasteiger partial charge >= 0.3 is 0 Å². The molecule has 1 unspecified atom stereocenters. The zero-order valence-corrected chi connectivity index (χ0v) is 13.0. The number of aliphatic hydroxyl groups excluding tert-OH is 1. The average molecular weight is 304 g/mol. The smallest absolute Gasteiger partial charge is 0.186 e. The summed E-state index contributed by atoms with van der Waals surface area (Å²) in [6.07, 6.45) is 1.29. The van der Waals surface area contributed by atoms with E-state index in [0.29, 0.717) is 0 Å². The molecular formula is C16H20N2O2S. The van der Waals surface area contributed by atoms with Gasteiger partial charge in [-0.15, -0.1) is 0 Å². The lowest BCUT2D eigenvalue weighted by molar-refractivity contribution is 0.0384. The van der Waals surface area contributed by atoms with Crippen molar-refractivity contribution in [2.24, 2.45) is 0 Å². The van der Waals surface area contributed by atoms with Gasteiger partial charge in [0.15, 0.2) is 5.13 Å². The van der Waals surface area contributed by atoms with Gasteiger partial charge in [-0.05, 0) is 6.42 Å². The third-order valence-corrected chi connectivity index (χ3v) is 4.84. The topological polar surface area (TPSA) is 45.6 Å². The van der Waals surface area contributed by atoms with Crippen molar-refractivity contribution in [3.63, 3.8) is 0 Å². The molecule has 0 aliphatic carbocycles. The van der Waals surface area contributed by atoms with Gasteiger partial charge in [-0.2, -0.15) is 0 Å². The van der Waals surface area contributed by atoms with Crippen LogP contribution in [0.25, 0.3) is 11.3 Å². The summed E-state index contributed by atoms with van der Waals surface area (Å²) in [7, 11) is 0. The summed E-state index contributed by atoms with van der Waals surface area (Å²) >= 11 is 1.58. The van der Waals surface area contributed by atoms with Crippen molar-refractivity contribution in [1.29, 1.82) is 0 Å². The third-order valence-electron chi connectivity index (χ3n) is 3.74. The molecule has 0 radical (unpaired) electrons. The van der Waals surface area contributed by atoms with Gasteiger partial charge in [-0.25, -0.2) is 4.98 Å². The molecule has 1 N–H and O–H groups in total. The third kappa shape index (κ3) is 3.10. The lowest BCUT2D eigenvalue weighted by atomic mass is 10.1. The van der Waals surface area contributed by atoms with Crippen molar-refractivity contribution >= 4 is 16.5 Å². The van der Waals surface area contributed by atoms with Gasteiger partial charge < -0.3 is 14.7 Å². The number of hydrogen-bond donors (Lipinski definition) is 1. The van der Waals surface area contributed by atoms with E-state index in [-0.39, 0.29) is 12.7 Å². The number of morpholine rings is 1. The number of nitrogens with zero attached hydrogens (tertiary/aromatic N) is 2. The molecule has 2 heterocycles. The molecule has 21 heavy (non-hydrogen) atoms. The van der Waals surface area contributed by atoms with E-state index in [0.717, 1.165) is 47.4 Å². The fourth-order valence-corrected chi connectivity index (χ4v) is 3.52. The number of thiazole rings is 1. The highest BCUT2D eigenvalue weighted by molar-refractivity contribution is 7.16. The van der Waals surface area contributed by atoms with Crippen LogP contribution in [0.15, 0.2) is 30.3 Å². The van der Waals surface area contributed by atoms with Crippen LogP contribution < -0.4 is 4.90 Å². The van der Waals surface area contributed by atoms with E-state index < -0.39 is 0 Å². The SMILES string of the molecule is CCC1CN(c2nc(-c3ccccc3)c(CO)s2)CCO1. The Kier molecular flexibility index (Phi) is 4.53. The van der Waals surface area contributed by atoms with Crippen LogP contribution >= 0.6 is 11.3 Å². The zero-order valence-electron chi connectivity index (χ0n) is 12.2. The predicted molar refractivity (Wildman–Crippen MR) is 85.7 cm³/mol. The van der Waals surface area contributed by atoms with Crippen molar-refractivity contribution < 1.29 is 9.84 Å². The molecule has 1 aromatic heterocycles. The van der Waals surface area contributed by atoms with E-state index in [9.17, 15) is 5.11 Å². The summed E-state index contributed by atoms with van der Waals surface area (Å²) in [4.78, 5) is 7.97. The van der Waals surface area contributed by atoms with Crippen molar-refractivity contribution in [2.45, 2.75) is 26.1 Å². The Hall–Kier alpha value is -1.43. The summed E-state index contributed by atoms with van der Waals surface area (Å²) in [6.45, 7) is 4.66. The number of anilines is 1. The summed E-state index contributed by atoms with van der Waals surface area (Å²) in [6, 6.07) is 10.1. The Morgan fingerprint density at radius 2 is 2.19 bits per heavy atom. The molecule has 1 aliphatic heterocycles. The molecule has 5 heteroatoms. The van der Waals surface area contributed by atoms with Crippen molar-refractivity contribution in [1.82, 2.24) is 4.98 Å². The Labute approximate surface area is 129 Å². The normalized spacial score (nSPS) is 19.0. The summed E-state index contributed by atoms with van der Waals surface area (Å²) in [5, 5.41) is 10.6. The minimum atomic E-state index is 0.0312. The minimum Gasteiger partial charge on any atom is -0.391 e. The highest BCUT2D eigenvalue weighted by Gasteiger charge is 2.23. The van der Waals surface area contributed by atoms with E-state index in [2.05, 4.69) is 11.8 Å². The van der Waals surface area contributed by atoms with Crippen LogP contribution in [-0.4, -0.2) is 35.9 Å². The van der Waals surface area contributed by atoms with Gasteiger partial charge in [0.05, 0.1) is 29.9 Å². The molecule has 3 rings (SSSR count). The molecule has 1 aromatic carbocycles. The first-order chi connectivity index (χ1) is 10.3. The zero-order chi connectivity index (χ0) is 14.7. The number of ether oxygens (including phenoxy) is 1. The van der Waals surface area contributed by atoms with Gasteiger partial charge in [0.2, 0.25) is 0 Å². The van der Waals surface area contributed by atoms with Gasteiger partial charge in [0, 0.05) is 18.7 Å². The standard InChI is InChI=1S/C16H20N2O2S/c1-2-13-10-18(8-9-20-13)16-17-15(14(11-19)21-16)12-6-4-3-5-7-12/h3-7,13,19H,2,8-11H2,1H3. The molecular weight excluding hydrogens is 284 g/mol. The lowest BCUT2D eigenvalue weighted by Crippen LogP contribution is -2.42. The van der Waals surface area contributed by atoms with E-state index in [1.54, 1.807) is 11.3 Å². The second kappa shape index (κ2) is 6.56. The van der Waals surface area contributed by atoms with Crippen molar-refractivity contribution in [3.05, 3.63) is 35.2 Å². The van der Waals surface area contributed by atoms with Crippen LogP contribution in [0.2, 0.25) is 0 Å². The summed E-state index contributed by atoms with van der Waals surface area (Å²) in [5.74, 6) is 0. The molecule has 0 saturated carbocycles. The fraction of sp³-hybridized carbons (Fsp3) is 0.438. The molecule has 2 aromatic rings. The number of aliphatic hydroxyl groups is 1. The van der Waals surface area contributed by atoms with Gasteiger partial charge in [-0.3, -0.25) is 0 Å². The first-order valence-corrected chi connectivity index (χ1v) is 8.16. The Bertz CT molecular complexity index is 585. The molecule has 1 atom stereocenters. The number of benzene rings is 1. The average Bonchev–Trinajstić information content (AvgIpc) is 3.00. The minimum absolute atomic E-state index is 0.0312. The second-order valence-electron chi connectivity index (χ2n) is 5.14. The molecule has 1 fully saturated rings.